The highest BCUT2D eigenvalue weighted by atomic mass is 16.5. The third-order valence-corrected chi connectivity index (χ3v) is 7.67. The Bertz CT molecular complexity index is 1480. The molecule has 0 aromatic heterocycles. The predicted molar refractivity (Wildman–Crippen MR) is 165 cm³/mol. The number of ether oxygens (including phenoxy) is 2. The number of hydrogen-bond acceptors (Lipinski definition) is 6. The van der Waals surface area contributed by atoms with E-state index in [0.717, 1.165) is 41.5 Å². The van der Waals surface area contributed by atoms with Gasteiger partial charge in [-0.1, -0.05) is 30.7 Å². The van der Waals surface area contributed by atoms with Gasteiger partial charge in [0.1, 0.15) is 11.5 Å². The van der Waals surface area contributed by atoms with Crippen molar-refractivity contribution in [2.75, 3.05) is 39.1 Å². The van der Waals surface area contributed by atoms with E-state index in [1.807, 2.05) is 52.0 Å². The van der Waals surface area contributed by atoms with E-state index < -0.39 is 0 Å². The Morgan fingerprint density at radius 2 is 1.93 bits per heavy atom. The Hall–Kier alpha value is -3.87. The summed E-state index contributed by atoms with van der Waals surface area (Å²) in [5.41, 5.74) is 5.37. The zero-order chi connectivity index (χ0) is 31.3. The molecule has 1 amide bonds. The Balaban J connectivity index is 1.78. The quantitative estimate of drug-likeness (QED) is 0.245. The average Bonchev–Trinajstić information content (AvgIpc) is 3.00. The van der Waals surface area contributed by atoms with Crippen molar-refractivity contribution in [3.63, 3.8) is 0 Å². The van der Waals surface area contributed by atoms with Crippen LogP contribution in [0.4, 0.5) is 5.69 Å². The lowest BCUT2D eigenvalue weighted by Crippen LogP contribution is -2.32. The van der Waals surface area contributed by atoms with Crippen molar-refractivity contribution in [2.24, 2.45) is 10.9 Å². The summed E-state index contributed by atoms with van der Waals surface area (Å²) in [6.07, 6.45) is 4.78. The molecule has 2 atom stereocenters. The van der Waals surface area contributed by atoms with E-state index in [4.69, 9.17) is 12.2 Å². The number of carbonyl (C=O) groups excluding carboxylic acids is 2. The number of anilines is 1. The summed E-state index contributed by atoms with van der Waals surface area (Å²) in [7, 11) is 3.19. The molecule has 0 saturated carbocycles. The zero-order valence-corrected chi connectivity index (χ0v) is 25.1. The van der Waals surface area contributed by atoms with Crippen molar-refractivity contribution in [2.45, 2.75) is 59.3 Å². The van der Waals surface area contributed by atoms with Crippen molar-refractivity contribution in [3.05, 3.63) is 82.1 Å². The number of hydrogen-bond donors (Lipinski definition) is 1. The highest BCUT2D eigenvalue weighted by Crippen LogP contribution is 2.50. The standard InChI is InChI=1S/C34H43N3O4/c1-7-35-28-20-30-26(18-22(28)3)33(27-19-23(4)29(36-8-2)21-31(27)41-30)24-14-11-12-15-25(24)34(39)37(5)17-13-9-10-16-32(38)40-6/h11-12,14-15,18-21,26,33,36H,7-10,13,16-17H2,1-6H3/i20D,21D. The molecule has 7 nitrogen and oxygen atoms in total. The number of esters is 1. The van der Waals surface area contributed by atoms with Gasteiger partial charge in [-0.15, -0.1) is 0 Å². The lowest BCUT2D eigenvalue weighted by Gasteiger charge is -2.38. The number of allylic oxidation sites excluding steroid dienone is 3. The number of methoxy groups -OCH3 is 1. The minimum Gasteiger partial charge on any atom is -0.469 e. The fourth-order valence-electron chi connectivity index (χ4n) is 5.55. The van der Waals surface area contributed by atoms with Crippen LogP contribution in [0.2, 0.25) is 0 Å². The van der Waals surface area contributed by atoms with E-state index in [-0.39, 0.29) is 35.8 Å². The van der Waals surface area contributed by atoms with Gasteiger partial charge in [-0.05, 0) is 69.4 Å². The monoisotopic (exact) mass is 559 g/mol. The second kappa shape index (κ2) is 13.7. The third-order valence-electron chi connectivity index (χ3n) is 7.67. The SMILES string of the molecule is [2H]C1=C2Oc3c(cc(C)c(NCC)c3[2H])C(c3ccccc3C(=O)N(C)CCCCCC(=O)OC)C2C=C(C)C1=NCC. The van der Waals surface area contributed by atoms with Crippen LogP contribution in [0.1, 0.15) is 82.2 Å². The first-order valence-electron chi connectivity index (χ1n) is 15.6. The maximum Gasteiger partial charge on any atom is 0.305 e. The molecule has 2 aromatic rings. The Kier molecular flexibility index (Phi) is 9.10. The first kappa shape index (κ1) is 27.3. The number of aliphatic imine (C=N–C) groups is 1. The zero-order valence-electron chi connectivity index (χ0n) is 27.1. The van der Waals surface area contributed by atoms with Gasteiger partial charge in [0, 0.05) is 73.8 Å². The van der Waals surface area contributed by atoms with E-state index in [2.05, 4.69) is 22.5 Å². The van der Waals surface area contributed by atoms with Crippen molar-refractivity contribution in [1.82, 2.24) is 4.90 Å². The number of carbonyl (C=O) groups is 2. The minimum absolute atomic E-state index is 0.0925. The van der Waals surface area contributed by atoms with Crippen molar-refractivity contribution in [1.29, 1.82) is 0 Å². The van der Waals surface area contributed by atoms with Gasteiger partial charge >= 0.3 is 5.97 Å². The summed E-state index contributed by atoms with van der Waals surface area (Å²) in [4.78, 5) is 31.7. The predicted octanol–water partition coefficient (Wildman–Crippen LogP) is 6.68. The van der Waals surface area contributed by atoms with Crippen LogP contribution in [0, 0.1) is 12.8 Å². The van der Waals surface area contributed by atoms with Gasteiger partial charge in [-0.2, -0.15) is 0 Å². The molecule has 0 fully saturated rings. The maximum atomic E-state index is 13.9. The van der Waals surface area contributed by atoms with Crippen LogP contribution in [-0.2, 0) is 9.53 Å². The van der Waals surface area contributed by atoms with Crippen molar-refractivity contribution < 1.29 is 21.8 Å². The fourth-order valence-corrected chi connectivity index (χ4v) is 5.55. The molecular formula is C34H43N3O4. The number of nitrogens with zero attached hydrogens (tertiary/aromatic N) is 2. The van der Waals surface area contributed by atoms with Gasteiger partial charge in [-0.25, -0.2) is 0 Å². The van der Waals surface area contributed by atoms with E-state index >= 15 is 0 Å². The van der Waals surface area contributed by atoms with Crippen LogP contribution in [0.5, 0.6) is 5.75 Å². The lowest BCUT2D eigenvalue weighted by molar-refractivity contribution is -0.140. The maximum absolute atomic E-state index is 13.9. The fraction of sp³-hybridized carbons (Fsp3) is 0.441. The van der Waals surface area contributed by atoms with E-state index in [9.17, 15) is 9.59 Å². The average molecular weight is 560 g/mol. The van der Waals surface area contributed by atoms with Gasteiger partial charge < -0.3 is 19.7 Å². The highest BCUT2D eigenvalue weighted by molar-refractivity contribution is 6.09. The van der Waals surface area contributed by atoms with Crippen molar-refractivity contribution in [3.8, 4) is 5.75 Å². The summed E-state index contributed by atoms with van der Waals surface area (Å²) in [6.45, 7) is 9.63. The largest absolute Gasteiger partial charge is 0.469 e. The molecule has 0 saturated heterocycles. The normalized spacial score (nSPS) is 19.4. The molecule has 0 radical (unpaired) electrons. The van der Waals surface area contributed by atoms with Crippen LogP contribution in [0.25, 0.3) is 0 Å². The van der Waals surface area contributed by atoms with Crippen LogP contribution in [0.3, 0.4) is 0 Å². The number of benzene rings is 2. The number of rotatable bonds is 11. The highest BCUT2D eigenvalue weighted by Gasteiger charge is 2.39. The first-order chi connectivity index (χ1) is 20.6. The van der Waals surface area contributed by atoms with Gasteiger partial charge in [-0.3, -0.25) is 14.6 Å². The Labute approximate surface area is 247 Å². The molecule has 2 unspecified atom stereocenters. The van der Waals surface area contributed by atoms with Gasteiger partial charge in [0.15, 0.2) is 0 Å². The molecule has 218 valence electrons. The Morgan fingerprint density at radius 1 is 1.15 bits per heavy atom. The summed E-state index contributed by atoms with van der Waals surface area (Å²) in [5, 5.41) is 3.30. The molecule has 1 aliphatic heterocycles. The second-order valence-corrected chi connectivity index (χ2v) is 10.6. The van der Waals surface area contributed by atoms with Gasteiger partial charge in [0.05, 0.1) is 15.6 Å². The number of unbranched alkanes of at least 4 members (excludes halogenated alkanes) is 2. The van der Waals surface area contributed by atoms with Crippen LogP contribution >= 0.6 is 0 Å². The molecule has 0 bridgehead atoms. The van der Waals surface area contributed by atoms with Crippen LogP contribution < -0.4 is 10.1 Å². The summed E-state index contributed by atoms with van der Waals surface area (Å²) in [6, 6.07) is 10.2. The molecule has 7 heteroatoms. The summed E-state index contributed by atoms with van der Waals surface area (Å²) >= 11 is 0. The van der Waals surface area contributed by atoms with E-state index in [0.29, 0.717) is 54.5 Å². The minimum atomic E-state index is -0.343. The molecular weight excluding hydrogens is 514 g/mol. The summed E-state index contributed by atoms with van der Waals surface area (Å²) < 4.78 is 29.4. The third kappa shape index (κ3) is 6.72. The molecule has 1 aliphatic carbocycles. The molecule has 0 spiro atoms. The van der Waals surface area contributed by atoms with Crippen LogP contribution in [-0.4, -0.2) is 56.3 Å². The number of amides is 1. The molecule has 1 heterocycles. The van der Waals surface area contributed by atoms with Crippen LogP contribution in [0.15, 0.2) is 64.8 Å². The molecule has 2 aromatic carbocycles. The molecule has 4 rings (SSSR count). The van der Waals surface area contributed by atoms with Gasteiger partial charge in [0.2, 0.25) is 0 Å². The second-order valence-electron chi connectivity index (χ2n) is 10.6. The summed E-state index contributed by atoms with van der Waals surface area (Å²) in [5.74, 6) is -0.126. The van der Waals surface area contributed by atoms with Gasteiger partial charge in [0.25, 0.3) is 5.91 Å². The number of aryl methyl sites for hydroxylation is 1. The lowest BCUT2D eigenvalue weighted by atomic mass is 9.73. The molecule has 2 aliphatic rings. The van der Waals surface area contributed by atoms with Crippen molar-refractivity contribution >= 4 is 23.3 Å². The smallest absolute Gasteiger partial charge is 0.305 e. The topological polar surface area (TPSA) is 80.2 Å². The van der Waals surface area contributed by atoms with E-state index in [1.165, 1.54) is 7.11 Å². The molecule has 41 heavy (non-hydrogen) atoms. The number of fused-ring (bicyclic) bond motifs is 2. The first-order valence-corrected chi connectivity index (χ1v) is 14.6. The molecule has 1 N–H and O–H groups in total. The Morgan fingerprint density at radius 3 is 2.66 bits per heavy atom. The van der Waals surface area contributed by atoms with E-state index in [1.54, 1.807) is 11.9 Å². The number of nitrogens with one attached hydrogen (secondary N) is 1.